The van der Waals surface area contributed by atoms with Gasteiger partial charge in [0.2, 0.25) is 5.82 Å². The molecule has 0 fully saturated rings. The van der Waals surface area contributed by atoms with Gasteiger partial charge in [0.1, 0.15) is 5.69 Å². The fraction of sp³-hybridized carbons (Fsp3) is 0.125. The lowest BCUT2D eigenvalue weighted by atomic mass is 10.4. The van der Waals surface area contributed by atoms with E-state index in [1.165, 1.54) is 19.3 Å². The molecular formula is C8H8N6O2. The van der Waals surface area contributed by atoms with Gasteiger partial charge in [-0.2, -0.15) is 9.78 Å². The molecule has 2 aromatic rings. The molecular weight excluding hydrogens is 212 g/mol. The molecule has 0 amide bonds. The molecule has 2 heterocycles. The van der Waals surface area contributed by atoms with E-state index in [4.69, 9.17) is 5.73 Å². The lowest BCUT2D eigenvalue weighted by molar-refractivity contribution is -0.384. The molecule has 8 heteroatoms. The monoisotopic (exact) mass is 220 g/mol. The summed E-state index contributed by atoms with van der Waals surface area (Å²) in [6, 6.07) is 1.63. The molecule has 0 saturated carbocycles. The summed E-state index contributed by atoms with van der Waals surface area (Å²) in [5.41, 5.74) is 5.63. The van der Waals surface area contributed by atoms with Crippen LogP contribution in [0.1, 0.15) is 5.69 Å². The zero-order chi connectivity index (χ0) is 11.7. The first-order valence-electron chi connectivity index (χ1n) is 4.38. The highest BCUT2D eigenvalue weighted by molar-refractivity contribution is 5.58. The van der Waals surface area contributed by atoms with E-state index in [1.807, 2.05) is 0 Å². The number of nitrogens with two attached hydrogens (primary N) is 1. The fourth-order valence-corrected chi connectivity index (χ4v) is 1.32. The molecule has 16 heavy (non-hydrogen) atoms. The number of anilines is 1. The lowest BCUT2D eigenvalue weighted by Crippen LogP contribution is -2.06. The van der Waals surface area contributed by atoms with Crippen LogP contribution in [0.4, 0.5) is 11.5 Å². The number of aryl methyl sites for hydroxylation is 1. The van der Waals surface area contributed by atoms with Crippen molar-refractivity contribution in [2.45, 2.75) is 6.92 Å². The molecule has 0 unspecified atom stereocenters. The van der Waals surface area contributed by atoms with Gasteiger partial charge in [-0.25, -0.2) is 9.97 Å². The summed E-state index contributed by atoms with van der Waals surface area (Å²) in [6.45, 7) is 1.51. The Morgan fingerprint density at radius 3 is 2.56 bits per heavy atom. The first-order chi connectivity index (χ1) is 7.61. The SMILES string of the molecule is Cc1nn(-c2ncccn2)c(N)c1[N+](=O)[O-]. The van der Waals surface area contributed by atoms with Gasteiger partial charge in [-0.15, -0.1) is 0 Å². The van der Waals surface area contributed by atoms with Gasteiger partial charge in [0, 0.05) is 12.4 Å². The first-order valence-corrected chi connectivity index (χ1v) is 4.38. The lowest BCUT2D eigenvalue weighted by Gasteiger charge is -1.98. The maximum absolute atomic E-state index is 10.7. The Labute approximate surface area is 89.9 Å². The van der Waals surface area contributed by atoms with E-state index in [9.17, 15) is 10.1 Å². The smallest absolute Gasteiger partial charge is 0.334 e. The van der Waals surface area contributed by atoms with E-state index in [-0.39, 0.29) is 23.1 Å². The minimum atomic E-state index is -0.572. The second kappa shape index (κ2) is 3.57. The van der Waals surface area contributed by atoms with Crippen molar-refractivity contribution < 1.29 is 4.92 Å². The Balaban J connectivity index is 2.61. The summed E-state index contributed by atoms with van der Waals surface area (Å²) >= 11 is 0. The van der Waals surface area contributed by atoms with E-state index in [0.29, 0.717) is 0 Å². The van der Waals surface area contributed by atoms with Crippen LogP contribution in [-0.2, 0) is 0 Å². The van der Waals surface area contributed by atoms with Gasteiger partial charge in [-0.1, -0.05) is 0 Å². The molecule has 0 radical (unpaired) electrons. The molecule has 82 valence electrons. The molecule has 0 aromatic carbocycles. The Morgan fingerprint density at radius 2 is 2.06 bits per heavy atom. The first kappa shape index (κ1) is 10.0. The van der Waals surface area contributed by atoms with Crippen molar-refractivity contribution in [2.75, 3.05) is 5.73 Å². The van der Waals surface area contributed by atoms with Crippen LogP contribution in [0.3, 0.4) is 0 Å². The van der Waals surface area contributed by atoms with Crippen molar-refractivity contribution in [3.05, 3.63) is 34.3 Å². The average Bonchev–Trinajstić information content (AvgIpc) is 2.55. The molecule has 8 nitrogen and oxygen atoms in total. The van der Waals surface area contributed by atoms with E-state index >= 15 is 0 Å². The molecule has 0 bridgehead atoms. The van der Waals surface area contributed by atoms with Crippen LogP contribution < -0.4 is 5.73 Å². The summed E-state index contributed by atoms with van der Waals surface area (Å²) in [5.74, 6) is 0.130. The van der Waals surface area contributed by atoms with Gasteiger partial charge in [0.15, 0.2) is 0 Å². The van der Waals surface area contributed by atoms with Crippen molar-refractivity contribution >= 4 is 11.5 Å². The Morgan fingerprint density at radius 1 is 1.44 bits per heavy atom. The predicted molar refractivity (Wildman–Crippen MR) is 55.0 cm³/mol. The molecule has 0 atom stereocenters. The van der Waals surface area contributed by atoms with Crippen LogP contribution in [0, 0.1) is 17.0 Å². The molecule has 0 saturated heterocycles. The van der Waals surface area contributed by atoms with Gasteiger partial charge >= 0.3 is 5.69 Å². The van der Waals surface area contributed by atoms with Gasteiger partial charge in [0.05, 0.1) is 4.92 Å². The summed E-state index contributed by atoms with van der Waals surface area (Å²) in [5, 5.41) is 14.6. The largest absolute Gasteiger partial charge is 0.378 e. The van der Waals surface area contributed by atoms with Crippen LogP contribution in [0.2, 0.25) is 0 Å². The number of aromatic nitrogens is 4. The Bertz CT molecular complexity index is 535. The third-order valence-electron chi connectivity index (χ3n) is 1.99. The fourth-order valence-electron chi connectivity index (χ4n) is 1.32. The quantitative estimate of drug-likeness (QED) is 0.581. The van der Waals surface area contributed by atoms with Crippen molar-refractivity contribution in [1.29, 1.82) is 0 Å². The van der Waals surface area contributed by atoms with Gasteiger partial charge in [0.25, 0.3) is 5.95 Å². The van der Waals surface area contributed by atoms with Crippen LogP contribution in [0.15, 0.2) is 18.5 Å². The highest BCUT2D eigenvalue weighted by Gasteiger charge is 2.24. The van der Waals surface area contributed by atoms with Gasteiger partial charge in [-0.05, 0) is 13.0 Å². The average molecular weight is 220 g/mol. The van der Waals surface area contributed by atoms with E-state index in [2.05, 4.69) is 15.1 Å². The van der Waals surface area contributed by atoms with Crippen molar-refractivity contribution in [2.24, 2.45) is 0 Å². The molecule has 0 aliphatic rings. The van der Waals surface area contributed by atoms with Crippen LogP contribution in [0.25, 0.3) is 5.95 Å². The van der Waals surface area contributed by atoms with E-state index in [0.717, 1.165) is 4.68 Å². The normalized spacial score (nSPS) is 10.3. The van der Waals surface area contributed by atoms with Crippen LogP contribution in [0.5, 0.6) is 0 Å². The Kier molecular flexibility index (Phi) is 2.24. The Hall–Kier alpha value is -2.51. The summed E-state index contributed by atoms with van der Waals surface area (Å²) in [7, 11) is 0. The highest BCUT2D eigenvalue weighted by atomic mass is 16.6. The number of hydrogen-bond acceptors (Lipinski definition) is 6. The zero-order valence-electron chi connectivity index (χ0n) is 8.36. The van der Waals surface area contributed by atoms with Crippen molar-refractivity contribution in [1.82, 2.24) is 19.7 Å². The maximum atomic E-state index is 10.7. The highest BCUT2D eigenvalue weighted by Crippen LogP contribution is 2.26. The molecule has 2 N–H and O–H groups in total. The predicted octanol–water partition coefficient (Wildman–Crippen LogP) is 0.461. The number of hydrogen-bond donors (Lipinski definition) is 1. The topological polar surface area (TPSA) is 113 Å². The molecule has 0 aliphatic heterocycles. The number of nitrogen functional groups attached to an aromatic ring is 1. The van der Waals surface area contributed by atoms with E-state index < -0.39 is 4.92 Å². The summed E-state index contributed by atoms with van der Waals surface area (Å²) in [4.78, 5) is 18.0. The molecule has 0 aliphatic carbocycles. The van der Waals surface area contributed by atoms with Crippen LogP contribution in [-0.4, -0.2) is 24.7 Å². The molecule has 2 aromatic heterocycles. The zero-order valence-corrected chi connectivity index (χ0v) is 8.36. The summed E-state index contributed by atoms with van der Waals surface area (Å²) in [6.07, 6.45) is 3.01. The van der Waals surface area contributed by atoms with Gasteiger partial charge < -0.3 is 5.73 Å². The summed E-state index contributed by atoms with van der Waals surface area (Å²) < 4.78 is 1.15. The third-order valence-corrected chi connectivity index (χ3v) is 1.99. The van der Waals surface area contributed by atoms with E-state index in [1.54, 1.807) is 6.07 Å². The third kappa shape index (κ3) is 1.45. The standard InChI is InChI=1S/C8H8N6O2/c1-5-6(14(15)16)7(9)13(12-5)8-10-3-2-4-11-8/h2-4H,9H2,1H3. The minimum Gasteiger partial charge on any atom is -0.378 e. The number of nitrogens with zero attached hydrogens (tertiary/aromatic N) is 5. The van der Waals surface area contributed by atoms with Crippen LogP contribution >= 0.6 is 0 Å². The molecule has 0 spiro atoms. The second-order valence-electron chi connectivity index (χ2n) is 3.04. The minimum absolute atomic E-state index is 0.0753. The number of rotatable bonds is 2. The molecule has 2 rings (SSSR count). The van der Waals surface area contributed by atoms with Gasteiger partial charge in [-0.3, -0.25) is 10.1 Å². The number of nitro groups is 1. The van der Waals surface area contributed by atoms with Crippen molar-refractivity contribution in [3.63, 3.8) is 0 Å². The van der Waals surface area contributed by atoms with Crippen molar-refractivity contribution in [3.8, 4) is 5.95 Å². The second-order valence-corrected chi connectivity index (χ2v) is 3.04. The maximum Gasteiger partial charge on any atom is 0.334 e.